The molecule has 1 saturated heterocycles. The van der Waals surface area contributed by atoms with Crippen molar-refractivity contribution in [1.82, 2.24) is 9.96 Å². The molecule has 1 aromatic heterocycles. The van der Waals surface area contributed by atoms with Crippen LogP contribution in [0.1, 0.15) is 29.4 Å². The van der Waals surface area contributed by atoms with E-state index in [1.807, 2.05) is 5.38 Å². The van der Waals surface area contributed by atoms with E-state index in [0.29, 0.717) is 10.6 Å². The molecule has 0 aliphatic carbocycles. The van der Waals surface area contributed by atoms with Crippen molar-refractivity contribution in [3.8, 4) is 11.1 Å². The lowest BCUT2D eigenvalue weighted by Crippen LogP contribution is -2.39. The van der Waals surface area contributed by atoms with Gasteiger partial charge in [-0.05, 0) is 35.6 Å². The molecule has 1 fully saturated rings. The summed E-state index contributed by atoms with van der Waals surface area (Å²) in [5, 5.41) is 12.6. The van der Waals surface area contributed by atoms with Crippen LogP contribution in [-0.2, 0) is 9.53 Å². The van der Waals surface area contributed by atoms with E-state index in [4.69, 9.17) is 4.74 Å². The van der Waals surface area contributed by atoms with E-state index >= 15 is 0 Å². The van der Waals surface area contributed by atoms with Crippen molar-refractivity contribution >= 4 is 23.3 Å². The molecule has 1 N–H and O–H groups in total. The van der Waals surface area contributed by atoms with Gasteiger partial charge in [0.2, 0.25) is 0 Å². The van der Waals surface area contributed by atoms with Gasteiger partial charge in [0.25, 0.3) is 0 Å². The number of thiophene rings is 1. The molecule has 130 valence electrons. The summed E-state index contributed by atoms with van der Waals surface area (Å²) in [7, 11) is 0. The van der Waals surface area contributed by atoms with E-state index in [1.54, 1.807) is 19.1 Å². The molecule has 2 aromatic rings. The molecular formula is C17H15FN2O4S. The molecule has 2 bridgehead atoms. The lowest BCUT2D eigenvalue weighted by molar-refractivity contribution is -0.148. The Hall–Kier alpha value is -2.45. The minimum absolute atomic E-state index is 0.189. The van der Waals surface area contributed by atoms with Gasteiger partial charge in [0.1, 0.15) is 11.9 Å². The summed E-state index contributed by atoms with van der Waals surface area (Å²) in [6.45, 7) is 2.12. The molecule has 4 rings (SSSR count). The predicted octanol–water partition coefficient (Wildman–Crippen LogP) is 3.34. The zero-order chi connectivity index (χ0) is 17.7. The number of benzene rings is 1. The average molecular weight is 362 g/mol. The third-order valence-corrected chi connectivity index (χ3v) is 5.62. The van der Waals surface area contributed by atoms with Crippen LogP contribution in [-0.4, -0.2) is 40.3 Å². The van der Waals surface area contributed by atoms with Crippen molar-refractivity contribution < 1.29 is 23.9 Å². The first kappa shape index (κ1) is 16.0. The smallest absolute Gasteiger partial charge is 0.345 e. The van der Waals surface area contributed by atoms with E-state index in [9.17, 15) is 19.2 Å². The Balaban J connectivity index is 1.88. The lowest BCUT2D eigenvalue weighted by atomic mass is 9.92. The summed E-state index contributed by atoms with van der Waals surface area (Å²) in [6.07, 6.45) is 0. The summed E-state index contributed by atoms with van der Waals surface area (Å²) in [5.41, 5.74) is 2.14. The largest absolute Gasteiger partial charge is 0.464 e. The van der Waals surface area contributed by atoms with E-state index in [2.05, 4.69) is 0 Å². The Bertz CT molecular complexity index is 851. The molecule has 25 heavy (non-hydrogen) atoms. The summed E-state index contributed by atoms with van der Waals surface area (Å²) < 4.78 is 18.4. The number of carbonyl (C=O) groups excluding carboxylic acids is 2. The van der Waals surface area contributed by atoms with Crippen LogP contribution in [0.2, 0.25) is 0 Å². The highest BCUT2D eigenvalue weighted by Gasteiger charge is 2.52. The number of amides is 2. The molecule has 2 aliphatic rings. The van der Waals surface area contributed by atoms with Gasteiger partial charge in [-0.2, -0.15) is 5.06 Å². The summed E-state index contributed by atoms with van der Waals surface area (Å²) in [4.78, 5) is 27.0. The maximum atomic E-state index is 13.2. The molecule has 3 heterocycles. The monoisotopic (exact) mass is 362 g/mol. The lowest BCUT2D eigenvalue weighted by Gasteiger charge is -2.30. The molecular weight excluding hydrogens is 347 g/mol. The number of hydrogen-bond acceptors (Lipinski definition) is 5. The van der Waals surface area contributed by atoms with Crippen LogP contribution >= 0.6 is 11.3 Å². The summed E-state index contributed by atoms with van der Waals surface area (Å²) in [5.74, 6) is -0.886. The number of hydroxylamine groups is 2. The van der Waals surface area contributed by atoms with Crippen LogP contribution in [0.4, 0.5) is 9.18 Å². The van der Waals surface area contributed by atoms with Crippen molar-refractivity contribution in [2.75, 3.05) is 13.2 Å². The predicted molar refractivity (Wildman–Crippen MR) is 87.6 cm³/mol. The van der Waals surface area contributed by atoms with E-state index < -0.39 is 24.1 Å². The number of urea groups is 1. The number of carbonyl (C=O) groups is 2. The number of ether oxygens (including phenoxy) is 1. The molecule has 0 radical (unpaired) electrons. The van der Waals surface area contributed by atoms with E-state index in [-0.39, 0.29) is 19.0 Å². The number of esters is 1. The standard InChI is InChI=1S/C17H15FN2O4S/c1-2-24-16(21)14-13-11(9-3-5-10(18)6-4-9)8-25-15(13)12-7-19(14)17(22)20(12)23/h3-6,8,12,14,23H,2,7H2,1H3. The maximum absolute atomic E-state index is 13.2. The highest BCUT2D eigenvalue weighted by Crippen LogP contribution is 2.50. The molecule has 1 aromatic carbocycles. The van der Waals surface area contributed by atoms with Gasteiger partial charge in [-0.15, -0.1) is 11.3 Å². The first-order chi connectivity index (χ1) is 12.0. The fourth-order valence-electron chi connectivity index (χ4n) is 3.41. The van der Waals surface area contributed by atoms with Gasteiger partial charge in [-0.3, -0.25) is 5.21 Å². The number of rotatable bonds is 3. The van der Waals surface area contributed by atoms with Gasteiger partial charge in [0, 0.05) is 10.4 Å². The maximum Gasteiger partial charge on any atom is 0.345 e. The highest BCUT2D eigenvalue weighted by molar-refractivity contribution is 7.10. The van der Waals surface area contributed by atoms with Crippen LogP contribution in [0.15, 0.2) is 29.6 Å². The molecule has 0 saturated carbocycles. The second-order valence-corrected chi connectivity index (χ2v) is 6.80. The quantitative estimate of drug-likeness (QED) is 0.672. The third-order valence-electron chi connectivity index (χ3n) is 4.52. The van der Waals surface area contributed by atoms with Crippen molar-refractivity contribution in [2.45, 2.75) is 19.0 Å². The average Bonchev–Trinajstić information content (AvgIpc) is 3.13. The SMILES string of the molecule is CCOC(=O)C1c2c(-c3ccc(F)cc3)csc2C2CN1C(=O)N2O. The van der Waals surface area contributed by atoms with Crippen LogP contribution < -0.4 is 0 Å². The minimum atomic E-state index is -0.915. The van der Waals surface area contributed by atoms with Crippen LogP contribution in [0, 0.1) is 5.82 Å². The molecule has 6 nitrogen and oxygen atoms in total. The molecule has 2 unspecified atom stereocenters. The first-order valence-corrected chi connectivity index (χ1v) is 8.73. The zero-order valence-corrected chi connectivity index (χ0v) is 14.1. The zero-order valence-electron chi connectivity index (χ0n) is 13.3. The van der Waals surface area contributed by atoms with Crippen molar-refractivity contribution in [1.29, 1.82) is 0 Å². The van der Waals surface area contributed by atoms with Gasteiger partial charge in [0.05, 0.1) is 13.2 Å². The Morgan fingerprint density at radius 3 is 2.80 bits per heavy atom. The first-order valence-electron chi connectivity index (χ1n) is 7.85. The van der Waals surface area contributed by atoms with Crippen LogP contribution in [0.5, 0.6) is 0 Å². The van der Waals surface area contributed by atoms with E-state index in [1.165, 1.54) is 28.4 Å². The van der Waals surface area contributed by atoms with Gasteiger partial charge < -0.3 is 9.64 Å². The molecule has 2 atom stereocenters. The fraction of sp³-hybridized carbons (Fsp3) is 0.294. The van der Waals surface area contributed by atoms with Gasteiger partial charge in [-0.25, -0.2) is 14.0 Å². The molecule has 2 amide bonds. The number of nitrogens with zero attached hydrogens (tertiary/aromatic N) is 2. The second-order valence-electron chi connectivity index (χ2n) is 5.88. The van der Waals surface area contributed by atoms with Gasteiger partial charge in [0.15, 0.2) is 6.04 Å². The Morgan fingerprint density at radius 2 is 2.12 bits per heavy atom. The Morgan fingerprint density at radius 1 is 1.40 bits per heavy atom. The Labute approximate surface area is 147 Å². The molecule has 0 spiro atoms. The topological polar surface area (TPSA) is 70.1 Å². The number of halogens is 1. The molecule has 2 aliphatic heterocycles. The van der Waals surface area contributed by atoms with Gasteiger partial charge >= 0.3 is 12.0 Å². The normalized spacial score (nSPS) is 21.5. The number of hydrogen-bond donors (Lipinski definition) is 1. The fourth-order valence-corrected chi connectivity index (χ4v) is 4.60. The minimum Gasteiger partial charge on any atom is -0.464 e. The molecule has 8 heteroatoms. The summed E-state index contributed by atoms with van der Waals surface area (Å²) in [6, 6.07) is 3.92. The Kier molecular flexibility index (Phi) is 3.73. The van der Waals surface area contributed by atoms with E-state index in [0.717, 1.165) is 16.0 Å². The highest BCUT2D eigenvalue weighted by atomic mass is 32.1. The van der Waals surface area contributed by atoms with Crippen molar-refractivity contribution in [3.63, 3.8) is 0 Å². The summed E-state index contributed by atoms with van der Waals surface area (Å²) >= 11 is 1.37. The third kappa shape index (κ3) is 2.32. The second kappa shape index (κ2) is 5.82. The van der Waals surface area contributed by atoms with Crippen molar-refractivity contribution in [2.24, 2.45) is 0 Å². The number of fused-ring (bicyclic) bond motifs is 4. The van der Waals surface area contributed by atoms with Gasteiger partial charge in [-0.1, -0.05) is 12.1 Å². The van der Waals surface area contributed by atoms with Crippen molar-refractivity contribution in [3.05, 3.63) is 45.9 Å². The van der Waals surface area contributed by atoms with Crippen LogP contribution in [0.25, 0.3) is 11.1 Å². The van der Waals surface area contributed by atoms with Crippen LogP contribution in [0.3, 0.4) is 0 Å².